The molecule has 0 amide bonds. The largest absolute Gasteiger partial charge is 0.378 e. The molecule has 1 rings (SSSR count). The van der Waals surface area contributed by atoms with Crippen molar-refractivity contribution in [2.75, 3.05) is 19.8 Å². The van der Waals surface area contributed by atoms with Crippen LogP contribution >= 0.6 is 0 Å². The van der Waals surface area contributed by atoms with Crippen LogP contribution in [0.2, 0.25) is 0 Å². The molecule has 2 unspecified atom stereocenters. The Morgan fingerprint density at radius 1 is 0.759 bits per heavy atom. The van der Waals surface area contributed by atoms with Gasteiger partial charge in [0, 0.05) is 6.61 Å². The Morgan fingerprint density at radius 3 is 1.69 bits per heavy atom. The molecule has 0 radical (unpaired) electrons. The molecule has 0 spiro atoms. The van der Waals surface area contributed by atoms with Gasteiger partial charge in [-0.1, -0.05) is 104 Å². The van der Waals surface area contributed by atoms with E-state index in [0.29, 0.717) is 13.2 Å². The molecule has 0 aromatic heterocycles. The molecule has 1 aliphatic rings. The Balaban J connectivity index is 2.16. The van der Waals surface area contributed by atoms with Crippen LogP contribution in [0.25, 0.3) is 0 Å². The maximum absolute atomic E-state index is 6.09. The van der Waals surface area contributed by atoms with E-state index in [2.05, 4.69) is 13.8 Å². The molecule has 0 aromatic carbocycles. The van der Waals surface area contributed by atoms with Crippen LogP contribution in [0.3, 0.4) is 0 Å². The summed E-state index contributed by atoms with van der Waals surface area (Å²) in [5, 5.41) is 0. The van der Waals surface area contributed by atoms with Crippen molar-refractivity contribution in [1.82, 2.24) is 0 Å². The molecule has 0 saturated carbocycles. The van der Waals surface area contributed by atoms with Crippen LogP contribution < -0.4 is 0 Å². The van der Waals surface area contributed by atoms with Crippen LogP contribution in [0.4, 0.5) is 0 Å². The number of hydrogen-bond donors (Lipinski definition) is 0. The molecule has 1 aliphatic heterocycles. The lowest BCUT2D eigenvalue weighted by molar-refractivity contribution is -0.145. The van der Waals surface area contributed by atoms with Gasteiger partial charge in [-0.3, -0.25) is 0 Å². The minimum absolute atomic E-state index is 0.0998. The zero-order chi connectivity index (χ0) is 21.2. The van der Waals surface area contributed by atoms with E-state index in [1.54, 1.807) is 0 Å². The third-order valence-corrected chi connectivity index (χ3v) is 6.16. The second-order valence-electron chi connectivity index (χ2n) is 9.67. The van der Waals surface area contributed by atoms with E-state index in [0.717, 1.165) is 12.5 Å². The van der Waals surface area contributed by atoms with E-state index in [1.165, 1.54) is 103 Å². The van der Waals surface area contributed by atoms with Crippen molar-refractivity contribution in [1.29, 1.82) is 0 Å². The highest BCUT2D eigenvalue weighted by Crippen LogP contribution is 2.24. The lowest BCUT2D eigenvalue weighted by atomic mass is 9.94. The molecule has 3 nitrogen and oxygen atoms in total. The summed E-state index contributed by atoms with van der Waals surface area (Å²) in [5.74, 6) is 0.278. The summed E-state index contributed by atoms with van der Waals surface area (Å²) in [6.07, 6.45) is 22.3. The fourth-order valence-electron chi connectivity index (χ4n) is 4.30. The molecule has 3 heteroatoms. The second kappa shape index (κ2) is 17.5. The zero-order valence-corrected chi connectivity index (χ0v) is 20.3. The first-order valence-corrected chi connectivity index (χ1v) is 13.0. The predicted molar refractivity (Wildman–Crippen MR) is 124 cm³/mol. The maximum Gasteiger partial charge on any atom is 0.163 e. The molecule has 174 valence electrons. The van der Waals surface area contributed by atoms with Gasteiger partial charge in [0.1, 0.15) is 6.10 Å². The van der Waals surface area contributed by atoms with Crippen molar-refractivity contribution in [2.24, 2.45) is 5.92 Å². The van der Waals surface area contributed by atoms with Crippen LogP contribution in [0.5, 0.6) is 0 Å². The van der Waals surface area contributed by atoms with Crippen LogP contribution in [-0.4, -0.2) is 31.7 Å². The Kier molecular flexibility index (Phi) is 16.3. The zero-order valence-electron chi connectivity index (χ0n) is 20.3. The number of rotatable bonds is 20. The van der Waals surface area contributed by atoms with Gasteiger partial charge >= 0.3 is 0 Å². The first kappa shape index (κ1) is 26.9. The molecule has 0 aliphatic carbocycles. The quantitative estimate of drug-likeness (QED) is 0.189. The van der Waals surface area contributed by atoms with Crippen molar-refractivity contribution in [3.8, 4) is 0 Å². The summed E-state index contributed by atoms with van der Waals surface area (Å²) in [7, 11) is 0. The van der Waals surface area contributed by atoms with Crippen LogP contribution in [0.15, 0.2) is 0 Å². The maximum atomic E-state index is 6.09. The summed E-state index contributed by atoms with van der Waals surface area (Å²) < 4.78 is 17.6. The minimum atomic E-state index is -0.441. The van der Waals surface area contributed by atoms with E-state index in [9.17, 15) is 0 Å². The Bertz CT molecular complexity index is 356. The van der Waals surface area contributed by atoms with Gasteiger partial charge in [-0.25, -0.2) is 0 Å². The normalized spacial score (nSPS) is 19.7. The van der Waals surface area contributed by atoms with Crippen LogP contribution in [0.1, 0.15) is 130 Å². The van der Waals surface area contributed by atoms with E-state index >= 15 is 0 Å². The molecule has 0 N–H and O–H groups in total. The lowest BCUT2D eigenvalue weighted by Crippen LogP contribution is -2.25. The summed E-state index contributed by atoms with van der Waals surface area (Å²) in [5.41, 5.74) is 0. The highest BCUT2D eigenvalue weighted by molar-refractivity contribution is 4.70. The second-order valence-corrected chi connectivity index (χ2v) is 9.67. The predicted octanol–water partition coefficient (Wildman–Crippen LogP) is 8.05. The van der Waals surface area contributed by atoms with Crippen LogP contribution in [0, 0.1) is 5.92 Å². The van der Waals surface area contributed by atoms with Crippen molar-refractivity contribution >= 4 is 0 Å². The van der Waals surface area contributed by atoms with Gasteiger partial charge in [-0.05, 0) is 32.6 Å². The number of unbranched alkanes of at least 4 members (excludes halogenated alkanes) is 12. The molecule has 29 heavy (non-hydrogen) atoms. The van der Waals surface area contributed by atoms with Crippen molar-refractivity contribution < 1.29 is 14.2 Å². The third kappa shape index (κ3) is 15.3. The molecule has 2 atom stereocenters. The SMILES string of the molecule is CCCCCCCCCCC(CCCCCCCC)COCC1COC(C)(C)O1. The van der Waals surface area contributed by atoms with E-state index in [-0.39, 0.29) is 6.10 Å². The van der Waals surface area contributed by atoms with Gasteiger partial charge in [0.25, 0.3) is 0 Å². The molecule has 0 bridgehead atoms. The molecular formula is C26H52O3. The van der Waals surface area contributed by atoms with Crippen molar-refractivity contribution in [3.63, 3.8) is 0 Å². The van der Waals surface area contributed by atoms with Gasteiger partial charge < -0.3 is 14.2 Å². The third-order valence-electron chi connectivity index (χ3n) is 6.16. The molecule has 1 saturated heterocycles. The molecule has 1 heterocycles. The Hall–Kier alpha value is -0.120. The van der Waals surface area contributed by atoms with Crippen LogP contribution in [-0.2, 0) is 14.2 Å². The summed E-state index contributed by atoms with van der Waals surface area (Å²) in [6, 6.07) is 0. The van der Waals surface area contributed by atoms with Gasteiger partial charge in [0.2, 0.25) is 0 Å². The average Bonchev–Trinajstić information content (AvgIpc) is 3.04. The minimum Gasteiger partial charge on any atom is -0.378 e. The van der Waals surface area contributed by atoms with Crippen molar-refractivity contribution in [2.45, 2.75) is 142 Å². The monoisotopic (exact) mass is 412 g/mol. The number of hydrogen-bond acceptors (Lipinski definition) is 3. The Labute approximate surface area is 182 Å². The Morgan fingerprint density at radius 2 is 1.24 bits per heavy atom. The highest BCUT2D eigenvalue weighted by Gasteiger charge is 2.32. The standard InChI is InChI=1S/C26H52O3/c1-5-7-9-11-13-14-16-18-20-24(19-17-15-12-10-8-6-2)21-27-22-25-23-28-26(3,4)29-25/h24-25H,5-23H2,1-4H3. The first-order valence-electron chi connectivity index (χ1n) is 13.0. The fourth-order valence-corrected chi connectivity index (χ4v) is 4.30. The first-order chi connectivity index (χ1) is 14.1. The lowest BCUT2D eigenvalue weighted by Gasteiger charge is -2.20. The number of ether oxygens (including phenoxy) is 3. The summed E-state index contributed by atoms with van der Waals surface area (Å²) in [6.45, 7) is 10.8. The molecule has 0 aromatic rings. The summed E-state index contributed by atoms with van der Waals surface area (Å²) >= 11 is 0. The van der Waals surface area contributed by atoms with E-state index < -0.39 is 5.79 Å². The topological polar surface area (TPSA) is 27.7 Å². The average molecular weight is 413 g/mol. The van der Waals surface area contributed by atoms with Gasteiger partial charge in [-0.2, -0.15) is 0 Å². The fraction of sp³-hybridized carbons (Fsp3) is 1.00. The van der Waals surface area contributed by atoms with E-state index in [1.807, 2.05) is 13.8 Å². The molecular weight excluding hydrogens is 360 g/mol. The molecule has 1 fully saturated rings. The van der Waals surface area contributed by atoms with Gasteiger partial charge in [0.15, 0.2) is 5.79 Å². The smallest absolute Gasteiger partial charge is 0.163 e. The summed E-state index contributed by atoms with van der Waals surface area (Å²) in [4.78, 5) is 0. The van der Waals surface area contributed by atoms with Gasteiger partial charge in [0.05, 0.1) is 13.2 Å². The van der Waals surface area contributed by atoms with Crippen molar-refractivity contribution in [3.05, 3.63) is 0 Å². The highest BCUT2D eigenvalue weighted by atomic mass is 16.7. The van der Waals surface area contributed by atoms with E-state index in [4.69, 9.17) is 14.2 Å². The van der Waals surface area contributed by atoms with Gasteiger partial charge in [-0.15, -0.1) is 0 Å².